The smallest absolute Gasteiger partial charge is 0.111 e. The van der Waals surface area contributed by atoms with Gasteiger partial charge in [0.2, 0.25) is 0 Å². The average Bonchev–Trinajstić information content (AvgIpc) is 3.15. The quantitative estimate of drug-likeness (QED) is 0.463. The molecular formula is C30H50O4. The summed E-state index contributed by atoms with van der Waals surface area (Å²) in [4.78, 5) is 0. The van der Waals surface area contributed by atoms with E-state index in [1.165, 1.54) is 19.3 Å². The maximum atomic E-state index is 10.9. The number of ether oxygens (including phenoxy) is 1. The number of fused-ring (bicyclic) bond motifs is 5. The molecule has 4 aliphatic carbocycles. The van der Waals surface area contributed by atoms with Crippen LogP contribution >= 0.6 is 0 Å². The van der Waals surface area contributed by atoms with E-state index in [1.54, 1.807) is 5.57 Å². The first-order valence-corrected chi connectivity index (χ1v) is 14.0. The van der Waals surface area contributed by atoms with Gasteiger partial charge in [0.1, 0.15) is 12.2 Å². The number of rotatable bonds is 2. The van der Waals surface area contributed by atoms with Gasteiger partial charge in [-0.25, -0.2) is 0 Å². The Morgan fingerprint density at radius 1 is 0.912 bits per heavy atom. The third kappa shape index (κ3) is 3.04. The molecule has 34 heavy (non-hydrogen) atoms. The van der Waals surface area contributed by atoms with Gasteiger partial charge in [-0.15, -0.1) is 0 Å². The van der Waals surface area contributed by atoms with Gasteiger partial charge < -0.3 is 20.1 Å². The lowest BCUT2D eigenvalue weighted by Gasteiger charge is -2.64. The van der Waals surface area contributed by atoms with Gasteiger partial charge in [-0.2, -0.15) is 0 Å². The molecule has 1 saturated heterocycles. The molecule has 0 bridgehead atoms. The lowest BCUT2D eigenvalue weighted by Crippen LogP contribution is -2.58. The van der Waals surface area contributed by atoms with E-state index in [4.69, 9.17) is 4.74 Å². The maximum Gasteiger partial charge on any atom is 0.111 e. The van der Waals surface area contributed by atoms with Gasteiger partial charge in [-0.05, 0) is 104 Å². The van der Waals surface area contributed by atoms with E-state index in [0.29, 0.717) is 17.8 Å². The molecule has 1 unspecified atom stereocenters. The Hall–Kier alpha value is -0.420. The molecule has 1 aliphatic heterocycles. The molecule has 194 valence electrons. The van der Waals surface area contributed by atoms with Gasteiger partial charge >= 0.3 is 0 Å². The molecule has 3 saturated carbocycles. The number of allylic oxidation sites excluding steroid dienone is 2. The first-order valence-electron chi connectivity index (χ1n) is 14.0. The van der Waals surface area contributed by atoms with Gasteiger partial charge in [0, 0.05) is 0 Å². The Morgan fingerprint density at radius 3 is 2.21 bits per heavy atom. The zero-order valence-corrected chi connectivity index (χ0v) is 22.9. The standard InChI is InChI=1S/C30H50O4/c1-17(24-23(32)25(33)27(4,5)34-24)18-11-15-30(8)20-9-10-21-26(2,3)22(31)13-14-28(21,6)19(20)12-16-29(18,30)7/h9,17-19,21-25,31-33H,10-16H2,1-8H3/t17-,18+,19+,21+,22-,23+,24?,25-,28-,29+,30-/m1/s1. The Labute approximate surface area is 207 Å². The number of aliphatic hydroxyl groups excluding tert-OH is 3. The predicted molar refractivity (Wildman–Crippen MR) is 135 cm³/mol. The molecule has 4 heteroatoms. The number of aliphatic hydroxyl groups is 3. The van der Waals surface area contributed by atoms with E-state index < -0.39 is 17.8 Å². The molecule has 4 fully saturated rings. The highest BCUT2D eigenvalue weighted by Crippen LogP contribution is 2.73. The van der Waals surface area contributed by atoms with Gasteiger partial charge in [0.05, 0.1) is 17.8 Å². The number of hydrogen-bond acceptors (Lipinski definition) is 4. The summed E-state index contributed by atoms with van der Waals surface area (Å²) in [7, 11) is 0. The van der Waals surface area contributed by atoms with Gasteiger partial charge in [0.25, 0.3) is 0 Å². The van der Waals surface area contributed by atoms with Crippen molar-refractivity contribution < 1.29 is 20.1 Å². The first kappa shape index (κ1) is 25.2. The average molecular weight is 475 g/mol. The molecule has 11 atom stereocenters. The highest BCUT2D eigenvalue weighted by atomic mass is 16.6. The van der Waals surface area contributed by atoms with Crippen molar-refractivity contribution in [1.82, 2.24) is 0 Å². The fraction of sp³-hybridized carbons (Fsp3) is 0.933. The van der Waals surface area contributed by atoms with Gasteiger partial charge in [-0.3, -0.25) is 0 Å². The summed E-state index contributed by atoms with van der Waals surface area (Å²) >= 11 is 0. The minimum Gasteiger partial charge on any atom is -0.393 e. The molecule has 0 aromatic rings. The van der Waals surface area contributed by atoms with Crippen LogP contribution < -0.4 is 0 Å². The van der Waals surface area contributed by atoms with Crippen LogP contribution in [0.1, 0.15) is 100 Å². The molecule has 5 rings (SSSR count). The molecule has 3 N–H and O–H groups in total. The lowest BCUT2D eigenvalue weighted by atomic mass is 9.41. The second kappa shape index (κ2) is 7.55. The van der Waals surface area contributed by atoms with Crippen molar-refractivity contribution in [3.8, 4) is 0 Å². The summed E-state index contributed by atoms with van der Waals surface area (Å²) in [5, 5.41) is 32.3. The predicted octanol–water partition coefficient (Wildman–Crippen LogP) is 5.49. The van der Waals surface area contributed by atoms with Gasteiger partial charge in [0.15, 0.2) is 0 Å². The molecule has 0 amide bonds. The van der Waals surface area contributed by atoms with Crippen molar-refractivity contribution in [3.63, 3.8) is 0 Å². The van der Waals surface area contributed by atoms with Crippen LogP contribution in [0.2, 0.25) is 0 Å². The van der Waals surface area contributed by atoms with Crippen LogP contribution in [0.25, 0.3) is 0 Å². The Bertz CT molecular complexity index is 862. The van der Waals surface area contributed by atoms with E-state index in [-0.39, 0.29) is 39.8 Å². The summed E-state index contributed by atoms with van der Waals surface area (Å²) in [6.45, 7) is 18.2. The topological polar surface area (TPSA) is 69.9 Å². The van der Waals surface area contributed by atoms with E-state index in [2.05, 4.69) is 47.6 Å². The van der Waals surface area contributed by atoms with Crippen LogP contribution in [0.15, 0.2) is 11.6 Å². The van der Waals surface area contributed by atoms with Crippen molar-refractivity contribution in [2.24, 2.45) is 45.3 Å². The third-order valence-electron chi connectivity index (χ3n) is 12.8. The largest absolute Gasteiger partial charge is 0.393 e. The van der Waals surface area contributed by atoms with Crippen molar-refractivity contribution in [1.29, 1.82) is 0 Å². The summed E-state index contributed by atoms with van der Waals surface area (Å²) in [5.41, 5.74) is 1.57. The van der Waals surface area contributed by atoms with Crippen LogP contribution in [0, 0.1) is 45.3 Å². The molecule has 0 radical (unpaired) electrons. The van der Waals surface area contributed by atoms with E-state index in [1.807, 2.05) is 13.8 Å². The molecular weight excluding hydrogens is 424 g/mol. The fourth-order valence-corrected chi connectivity index (χ4v) is 10.3. The highest BCUT2D eigenvalue weighted by molar-refractivity contribution is 5.33. The van der Waals surface area contributed by atoms with Crippen LogP contribution in [-0.2, 0) is 4.74 Å². The Balaban J connectivity index is 1.46. The second-order valence-electron chi connectivity index (χ2n) is 14.8. The molecule has 4 nitrogen and oxygen atoms in total. The van der Waals surface area contributed by atoms with E-state index in [9.17, 15) is 15.3 Å². The summed E-state index contributed by atoms with van der Waals surface area (Å²) in [6.07, 6.45) is 8.38. The van der Waals surface area contributed by atoms with Crippen LogP contribution in [0.3, 0.4) is 0 Å². The van der Waals surface area contributed by atoms with Crippen LogP contribution in [0.4, 0.5) is 0 Å². The van der Waals surface area contributed by atoms with Crippen LogP contribution in [-0.4, -0.2) is 45.3 Å². The molecule has 1 heterocycles. The minimum absolute atomic E-state index is 0.0347. The zero-order valence-electron chi connectivity index (χ0n) is 22.9. The summed E-state index contributed by atoms with van der Waals surface area (Å²) in [5.74, 6) is 1.81. The monoisotopic (exact) mass is 474 g/mol. The third-order valence-corrected chi connectivity index (χ3v) is 12.8. The van der Waals surface area contributed by atoms with Crippen molar-refractivity contribution in [2.45, 2.75) is 130 Å². The van der Waals surface area contributed by atoms with Crippen LogP contribution in [0.5, 0.6) is 0 Å². The Morgan fingerprint density at radius 2 is 1.59 bits per heavy atom. The number of hydrogen-bond donors (Lipinski definition) is 3. The highest BCUT2D eigenvalue weighted by Gasteiger charge is 2.66. The minimum atomic E-state index is -0.834. The maximum absolute atomic E-state index is 10.9. The summed E-state index contributed by atoms with van der Waals surface area (Å²) < 4.78 is 6.29. The van der Waals surface area contributed by atoms with Crippen molar-refractivity contribution >= 4 is 0 Å². The normalized spacial score (nSPS) is 54.6. The molecule has 5 aliphatic rings. The first-order chi connectivity index (χ1) is 15.6. The second-order valence-corrected chi connectivity index (χ2v) is 14.8. The van der Waals surface area contributed by atoms with Crippen molar-refractivity contribution in [2.75, 3.05) is 0 Å². The van der Waals surface area contributed by atoms with Gasteiger partial charge in [-0.1, -0.05) is 53.2 Å². The van der Waals surface area contributed by atoms with E-state index in [0.717, 1.165) is 25.7 Å². The lowest BCUT2D eigenvalue weighted by molar-refractivity contribution is -0.135. The van der Waals surface area contributed by atoms with Crippen molar-refractivity contribution in [3.05, 3.63) is 11.6 Å². The van der Waals surface area contributed by atoms with E-state index >= 15 is 0 Å². The SMILES string of the molecule is C[C@@H](C1OC(C)(C)[C@H](O)[C@H]1O)[C@@H]1CC[C@]2(C)C3=CC[C@H]4C(C)(C)[C@H](O)CC[C@]4(C)[C@H]3CC[C@@]12C. The molecule has 0 aromatic heterocycles. The Kier molecular flexibility index (Phi) is 5.61. The molecule has 0 spiro atoms. The molecule has 0 aromatic carbocycles. The zero-order chi connectivity index (χ0) is 25.1. The fourth-order valence-electron chi connectivity index (χ4n) is 10.3. The summed E-state index contributed by atoms with van der Waals surface area (Å²) in [6, 6.07) is 0.